The number of piperazine rings is 1. The number of pyridine rings is 1. The molecular weight excluding hydrogens is 445 g/mol. The molecule has 0 bridgehead atoms. The lowest BCUT2D eigenvalue weighted by Gasteiger charge is -2.34. The number of alkyl halides is 3. The van der Waals surface area contributed by atoms with E-state index in [1.807, 2.05) is 4.90 Å². The molecule has 0 unspecified atom stereocenters. The van der Waals surface area contributed by atoms with Crippen molar-refractivity contribution in [2.24, 2.45) is 0 Å². The van der Waals surface area contributed by atoms with Gasteiger partial charge in [-0.1, -0.05) is 12.1 Å². The van der Waals surface area contributed by atoms with Crippen molar-refractivity contribution in [3.05, 3.63) is 66.5 Å². The number of benzene rings is 1. The molecule has 1 fully saturated rings. The number of nitrogens with one attached hydrogen (secondary N) is 1. The molecule has 0 aliphatic carbocycles. The van der Waals surface area contributed by atoms with Gasteiger partial charge in [0, 0.05) is 44.3 Å². The number of halogens is 3. The van der Waals surface area contributed by atoms with Crippen LogP contribution in [0, 0.1) is 0 Å². The van der Waals surface area contributed by atoms with Crippen LogP contribution in [0.2, 0.25) is 0 Å². The van der Waals surface area contributed by atoms with Crippen LogP contribution in [0.4, 0.5) is 30.5 Å². The van der Waals surface area contributed by atoms with Crippen LogP contribution in [0.5, 0.6) is 0 Å². The fourth-order valence-electron chi connectivity index (χ4n) is 3.37. The van der Waals surface area contributed by atoms with Crippen LogP contribution >= 0.6 is 0 Å². The highest BCUT2D eigenvalue weighted by Crippen LogP contribution is 2.35. The molecule has 1 aliphatic heterocycles. The molecule has 0 amide bonds. The predicted molar refractivity (Wildman–Crippen MR) is 112 cm³/mol. The third-order valence-corrected chi connectivity index (χ3v) is 6.93. The molecule has 32 heavy (non-hydrogen) atoms. The molecule has 168 valence electrons. The van der Waals surface area contributed by atoms with E-state index in [9.17, 15) is 21.6 Å². The van der Waals surface area contributed by atoms with Gasteiger partial charge in [0.1, 0.15) is 0 Å². The highest BCUT2D eigenvalue weighted by molar-refractivity contribution is 7.89. The van der Waals surface area contributed by atoms with Crippen molar-refractivity contribution >= 4 is 27.3 Å². The van der Waals surface area contributed by atoms with Gasteiger partial charge in [0.25, 0.3) is 0 Å². The summed E-state index contributed by atoms with van der Waals surface area (Å²) >= 11 is 0. The summed E-state index contributed by atoms with van der Waals surface area (Å²) in [5, 5.41) is 11.4. The van der Waals surface area contributed by atoms with E-state index in [0.29, 0.717) is 11.6 Å². The van der Waals surface area contributed by atoms with E-state index in [4.69, 9.17) is 0 Å². The van der Waals surface area contributed by atoms with Crippen LogP contribution in [0.3, 0.4) is 0 Å². The van der Waals surface area contributed by atoms with Gasteiger partial charge in [0.05, 0.1) is 10.5 Å². The molecule has 2 aromatic heterocycles. The number of anilines is 3. The summed E-state index contributed by atoms with van der Waals surface area (Å²) in [4.78, 5) is 5.05. The molecule has 1 saturated heterocycles. The summed E-state index contributed by atoms with van der Waals surface area (Å²) < 4.78 is 66.7. The fourth-order valence-corrected chi connectivity index (χ4v) is 5.00. The van der Waals surface area contributed by atoms with E-state index in [0.717, 1.165) is 22.1 Å². The van der Waals surface area contributed by atoms with E-state index < -0.39 is 26.7 Å². The van der Waals surface area contributed by atoms with Crippen molar-refractivity contribution < 1.29 is 21.6 Å². The van der Waals surface area contributed by atoms with Crippen molar-refractivity contribution in [3.63, 3.8) is 0 Å². The van der Waals surface area contributed by atoms with Gasteiger partial charge in [-0.15, -0.1) is 10.2 Å². The smallest absolute Gasteiger partial charge is 0.352 e. The second-order valence-electron chi connectivity index (χ2n) is 7.02. The Balaban J connectivity index is 1.43. The first-order chi connectivity index (χ1) is 15.2. The maximum atomic E-state index is 13.3. The van der Waals surface area contributed by atoms with E-state index >= 15 is 0 Å². The molecule has 8 nitrogen and oxygen atoms in total. The maximum absolute atomic E-state index is 13.3. The monoisotopic (exact) mass is 464 g/mol. The minimum Gasteiger partial charge on any atom is -0.352 e. The van der Waals surface area contributed by atoms with Gasteiger partial charge < -0.3 is 10.2 Å². The number of rotatable bonds is 5. The second-order valence-corrected chi connectivity index (χ2v) is 8.93. The highest BCUT2D eigenvalue weighted by Gasteiger charge is 2.39. The average Bonchev–Trinajstić information content (AvgIpc) is 2.80. The van der Waals surface area contributed by atoms with E-state index in [1.165, 1.54) is 12.1 Å². The van der Waals surface area contributed by atoms with Gasteiger partial charge in [0.15, 0.2) is 11.6 Å². The number of hydrogen-bond acceptors (Lipinski definition) is 7. The molecule has 3 aromatic rings. The topological polar surface area (TPSA) is 91.3 Å². The number of nitrogens with zero attached hydrogens (tertiary/aromatic N) is 5. The van der Waals surface area contributed by atoms with Crippen molar-refractivity contribution in [2.75, 3.05) is 36.4 Å². The third-order valence-electron chi connectivity index (χ3n) is 4.98. The molecule has 0 radical (unpaired) electrons. The Morgan fingerprint density at radius 2 is 1.56 bits per heavy atom. The van der Waals surface area contributed by atoms with Crippen molar-refractivity contribution in [1.82, 2.24) is 19.5 Å². The first kappa shape index (κ1) is 22.0. The van der Waals surface area contributed by atoms with Gasteiger partial charge >= 0.3 is 6.18 Å². The minimum absolute atomic E-state index is 0.0349. The van der Waals surface area contributed by atoms with Gasteiger partial charge in [-0.05, 0) is 36.4 Å². The van der Waals surface area contributed by atoms with Crippen molar-refractivity contribution in [3.8, 4) is 0 Å². The SMILES string of the molecule is O=S(=O)(c1ccccc1C(F)(F)F)N1CCN(c2ccc(Nc3ccncc3)nn2)CC1. The van der Waals surface area contributed by atoms with Gasteiger partial charge in [-0.2, -0.15) is 17.5 Å². The Bertz CT molecular complexity index is 1170. The molecule has 1 aliphatic rings. The largest absolute Gasteiger partial charge is 0.417 e. The Kier molecular flexibility index (Phi) is 5.98. The lowest BCUT2D eigenvalue weighted by Crippen LogP contribution is -2.49. The zero-order valence-corrected chi connectivity index (χ0v) is 17.5. The van der Waals surface area contributed by atoms with E-state index in [1.54, 1.807) is 36.7 Å². The van der Waals surface area contributed by atoms with Crippen LogP contribution in [0.15, 0.2) is 65.8 Å². The Labute approximate surface area is 182 Å². The fraction of sp³-hybridized carbons (Fsp3) is 0.250. The van der Waals surface area contributed by atoms with Crippen LogP contribution in [-0.4, -0.2) is 54.1 Å². The molecule has 4 rings (SSSR count). The average molecular weight is 464 g/mol. The molecular formula is C20H19F3N6O2S. The first-order valence-electron chi connectivity index (χ1n) is 9.67. The molecule has 12 heteroatoms. The minimum atomic E-state index is -4.76. The first-order valence-corrected chi connectivity index (χ1v) is 11.1. The summed E-state index contributed by atoms with van der Waals surface area (Å²) in [5.74, 6) is 1.09. The molecule has 0 saturated carbocycles. The van der Waals surface area contributed by atoms with Crippen LogP contribution < -0.4 is 10.2 Å². The maximum Gasteiger partial charge on any atom is 0.417 e. The molecule has 0 spiro atoms. The van der Waals surface area contributed by atoms with Gasteiger partial charge in [-0.25, -0.2) is 8.42 Å². The summed E-state index contributed by atoms with van der Waals surface area (Å²) in [7, 11) is -4.29. The summed E-state index contributed by atoms with van der Waals surface area (Å²) in [5.41, 5.74) is -0.356. The van der Waals surface area contributed by atoms with Crippen molar-refractivity contribution in [2.45, 2.75) is 11.1 Å². The van der Waals surface area contributed by atoms with Crippen LogP contribution in [0.1, 0.15) is 5.56 Å². The van der Waals surface area contributed by atoms with E-state index in [2.05, 4.69) is 20.5 Å². The molecule has 1 N–H and O–H groups in total. The zero-order valence-electron chi connectivity index (χ0n) is 16.7. The van der Waals surface area contributed by atoms with Crippen molar-refractivity contribution in [1.29, 1.82) is 0 Å². The van der Waals surface area contributed by atoms with E-state index in [-0.39, 0.29) is 26.2 Å². The lowest BCUT2D eigenvalue weighted by atomic mass is 10.2. The highest BCUT2D eigenvalue weighted by atomic mass is 32.2. The normalized spacial score (nSPS) is 15.5. The number of aromatic nitrogens is 3. The number of hydrogen-bond donors (Lipinski definition) is 1. The second kappa shape index (κ2) is 8.71. The molecule has 1 aromatic carbocycles. The Morgan fingerprint density at radius 1 is 0.875 bits per heavy atom. The summed E-state index contributed by atoms with van der Waals surface area (Å²) in [6, 6.07) is 11.3. The molecule has 0 atom stereocenters. The molecule has 3 heterocycles. The Morgan fingerprint density at radius 3 is 2.19 bits per heavy atom. The van der Waals surface area contributed by atoms with Gasteiger partial charge in [-0.3, -0.25) is 4.98 Å². The predicted octanol–water partition coefficient (Wildman–Crippen LogP) is 3.14. The van der Waals surface area contributed by atoms with Crippen LogP contribution in [0.25, 0.3) is 0 Å². The summed E-state index contributed by atoms with van der Waals surface area (Å²) in [6.45, 7) is 0.624. The van der Waals surface area contributed by atoms with Gasteiger partial charge in [0.2, 0.25) is 10.0 Å². The Hall–Kier alpha value is -3.25. The zero-order chi connectivity index (χ0) is 22.8. The summed E-state index contributed by atoms with van der Waals surface area (Å²) in [6.07, 6.45) is -1.47. The van der Waals surface area contributed by atoms with Crippen LogP contribution in [-0.2, 0) is 16.2 Å². The number of sulfonamides is 1. The lowest BCUT2D eigenvalue weighted by molar-refractivity contribution is -0.139. The third kappa shape index (κ3) is 4.65. The standard InChI is InChI=1S/C20H19F3N6O2S/c21-20(22,23)16-3-1-2-4-17(16)32(30,31)29-13-11-28(12-14-29)19-6-5-18(26-27-19)25-15-7-9-24-10-8-15/h1-10H,11-14H2,(H,24,25,26). The quantitative estimate of drug-likeness (QED) is 0.620.